The lowest BCUT2D eigenvalue weighted by atomic mass is 9.70. The maximum Gasteiger partial charge on any atom is 0.309 e. The number of esters is 1. The molecule has 22 heavy (non-hydrogen) atoms. The summed E-state index contributed by atoms with van der Waals surface area (Å²) >= 11 is 0. The second-order valence-corrected chi connectivity index (χ2v) is 6.88. The molecule has 2 heteroatoms. The quantitative estimate of drug-likeness (QED) is 0.719. The summed E-state index contributed by atoms with van der Waals surface area (Å²) in [6, 6.07) is 10.1. The molecule has 1 aliphatic rings. The first-order chi connectivity index (χ1) is 10.6. The number of hydrogen-bond donors (Lipinski definition) is 0. The molecule has 0 aliphatic heterocycles. The van der Waals surface area contributed by atoms with Crippen molar-refractivity contribution in [2.45, 2.75) is 40.0 Å². The highest BCUT2D eigenvalue weighted by Crippen LogP contribution is 2.38. The highest BCUT2D eigenvalue weighted by atomic mass is 16.5. The van der Waals surface area contributed by atoms with Crippen molar-refractivity contribution in [1.82, 2.24) is 0 Å². The van der Waals surface area contributed by atoms with Crippen molar-refractivity contribution in [2.24, 2.45) is 23.7 Å². The molecular formula is C20H28O2. The summed E-state index contributed by atoms with van der Waals surface area (Å²) in [5.74, 6) is 1.72. The van der Waals surface area contributed by atoms with Gasteiger partial charge in [-0.05, 0) is 42.2 Å². The normalized spacial score (nSPS) is 25.5. The zero-order valence-electron chi connectivity index (χ0n) is 14.0. The Labute approximate surface area is 134 Å². The fourth-order valence-corrected chi connectivity index (χ4v) is 3.46. The van der Waals surface area contributed by atoms with Crippen LogP contribution in [0.2, 0.25) is 0 Å². The zero-order valence-corrected chi connectivity index (χ0v) is 14.0. The van der Waals surface area contributed by atoms with Crippen LogP contribution in [0.3, 0.4) is 0 Å². The Morgan fingerprint density at radius 1 is 1.27 bits per heavy atom. The van der Waals surface area contributed by atoms with Crippen molar-refractivity contribution in [3.8, 4) is 0 Å². The predicted molar refractivity (Wildman–Crippen MR) is 91.3 cm³/mol. The lowest BCUT2D eigenvalue weighted by Crippen LogP contribution is -2.34. The Kier molecular flexibility index (Phi) is 6.23. The van der Waals surface area contributed by atoms with Crippen LogP contribution in [-0.4, -0.2) is 12.6 Å². The third-order valence-corrected chi connectivity index (χ3v) is 4.76. The minimum atomic E-state index is -0.0111. The Balaban J connectivity index is 1.86. The summed E-state index contributed by atoms with van der Waals surface area (Å²) in [5.41, 5.74) is 1.13. The summed E-state index contributed by atoms with van der Waals surface area (Å²) < 4.78 is 5.51. The van der Waals surface area contributed by atoms with Crippen LogP contribution in [-0.2, 0) is 9.53 Å². The van der Waals surface area contributed by atoms with E-state index >= 15 is 0 Å². The summed E-state index contributed by atoms with van der Waals surface area (Å²) in [6.07, 6.45) is 7.28. The molecule has 1 aromatic carbocycles. The fraction of sp³-hybridized carbons (Fsp3) is 0.550. The van der Waals surface area contributed by atoms with Crippen LogP contribution in [0.15, 0.2) is 36.4 Å². The van der Waals surface area contributed by atoms with Crippen molar-refractivity contribution in [3.63, 3.8) is 0 Å². The molecule has 120 valence electrons. The molecule has 3 atom stereocenters. The first-order valence-corrected chi connectivity index (χ1v) is 8.46. The van der Waals surface area contributed by atoms with Crippen LogP contribution < -0.4 is 0 Å². The van der Waals surface area contributed by atoms with Gasteiger partial charge in [0.2, 0.25) is 0 Å². The molecule has 2 rings (SSSR count). The predicted octanol–water partition coefficient (Wildman–Crippen LogP) is 4.95. The molecular weight excluding hydrogens is 272 g/mol. The van der Waals surface area contributed by atoms with Crippen molar-refractivity contribution < 1.29 is 9.53 Å². The maximum absolute atomic E-state index is 12.4. The molecule has 0 aromatic heterocycles. The van der Waals surface area contributed by atoms with E-state index in [2.05, 4.69) is 20.8 Å². The van der Waals surface area contributed by atoms with Gasteiger partial charge in [0.05, 0.1) is 5.92 Å². The number of rotatable bonds is 5. The molecule has 1 aromatic rings. The lowest BCUT2D eigenvalue weighted by Gasteiger charge is -2.35. The van der Waals surface area contributed by atoms with E-state index in [-0.39, 0.29) is 11.9 Å². The van der Waals surface area contributed by atoms with Gasteiger partial charge >= 0.3 is 5.97 Å². The van der Waals surface area contributed by atoms with E-state index in [0.717, 1.165) is 18.4 Å². The Morgan fingerprint density at radius 2 is 2.00 bits per heavy atom. The Morgan fingerprint density at radius 3 is 2.68 bits per heavy atom. The minimum absolute atomic E-state index is 0.0111. The average molecular weight is 300 g/mol. The largest absolute Gasteiger partial charge is 0.461 e. The molecule has 1 aliphatic carbocycles. The monoisotopic (exact) mass is 300 g/mol. The van der Waals surface area contributed by atoms with Gasteiger partial charge in [0, 0.05) is 0 Å². The van der Waals surface area contributed by atoms with Crippen molar-refractivity contribution >= 4 is 12.0 Å². The Hall–Kier alpha value is -1.57. The number of ether oxygens (including phenoxy) is 1. The van der Waals surface area contributed by atoms with Crippen LogP contribution in [0.5, 0.6) is 0 Å². The SMILES string of the molecule is CC1CCC(C(C)C)C(C(=O)OCC=Cc2ccccc2)C1. The first-order valence-electron chi connectivity index (χ1n) is 8.46. The van der Waals surface area contributed by atoms with Crippen LogP contribution in [0.1, 0.15) is 45.6 Å². The van der Waals surface area contributed by atoms with Gasteiger partial charge < -0.3 is 4.74 Å². The van der Waals surface area contributed by atoms with Crippen LogP contribution in [0.25, 0.3) is 6.08 Å². The van der Waals surface area contributed by atoms with Gasteiger partial charge in [-0.25, -0.2) is 0 Å². The minimum Gasteiger partial charge on any atom is -0.461 e. The topological polar surface area (TPSA) is 26.3 Å². The van der Waals surface area contributed by atoms with Gasteiger partial charge in [-0.1, -0.05) is 63.6 Å². The molecule has 0 amide bonds. The van der Waals surface area contributed by atoms with Gasteiger partial charge in [0.25, 0.3) is 0 Å². The molecule has 0 heterocycles. The third-order valence-electron chi connectivity index (χ3n) is 4.76. The molecule has 0 N–H and O–H groups in total. The number of benzene rings is 1. The molecule has 0 saturated heterocycles. The first kappa shape index (κ1) is 16.8. The Bertz CT molecular complexity index is 490. The standard InChI is InChI=1S/C20H28O2/c1-15(2)18-12-11-16(3)14-19(18)20(21)22-13-7-10-17-8-5-4-6-9-17/h4-10,15-16,18-19H,11-14H2,1-3H3. The van der Waals surface area contributed by atoms with Gasteiger partial charge in [-0.15, -0.1) is 0 Å². The zero-order chi connectivity index (χ0) is 15.9. The summed E-state index contributed by atoms with van der Waals surface area (Å²) in [4.78, 5) is 12.4. The van der Waals surface area contributed by atoms with Crippen LogP contribution >= 0.6 is 0 Å². The molecule has 0 radical (unpaired) electrons. The summed E-state index contributed by atoms with van der Waals surface area (Å²) in [6.45, 7) is 7.04. The smallest absolute Gasteiger partial charge is 0.309 e. The van der Waals surface area contributed by atoms with Crippen molar-refractivity contribution in [1.29, 1.82) is 0 Å². The van der Waals surface area contributed by atoms with Crippen molar-refractivity contribution in [2.75, 3.05) is 6.61 Å². The number of carbonyl (C=O) groups excluding carboxylic acids is 1. The van der Waals surface area contributed by atoms with E-state index in [0.29, 0.717) is 24.4 Å². The fourth-order valence-electron chi connectivity index (χ4n) is 3.46. The second-order valence-electron chi connectivity index (χ2n) is 6.88. The maximum atomic E-state index is 12.4. The van der Waals surface area contributed by atoms with Crippen molar-refractivity contribution in [3.05, 3.63) is 42.0 Å². The highest BCUT2D eigenvalue weighted by Gasteiger charge is 2.36. The average Bonchev–Trinajstić information content (AvgIpc) is 2.52. The molecule has 2 nitrogen and oxygen atoms in total. The molecule has 0 spiro atoms. The summed E-state index contributed by atoms with van der Waals surface area (Å²) in [7, 11) is 0. The molecule has 3 unspecified atom stereocenters. The van der Waals surface area contributed by atoms with Gasteiger partial charge in [-0.2, -0.15) is 0 Å². The second kappa shape index (κ2) is 8.17. The third kappa shape index (κ3) is 4.72. The van der Waals surface area contributed by atoms with Gasteiger partial charge in [0.1, 0.15) is 6.61 Å². The van der Waals surface area contributed by atoms with Crippen LogP contribution in [0, 0.1) is 23.7 Å². The van der Waals surface area contributed by atoms with E-state index in [1.165, 1.54) is 6.42 Å². The molecule has 0 bridgehead atoms. The van der Waals surface area contributed by atoms with E-state index in [4.69, 9.17) is 4.74 Å². The van der Waals surface area contributed by atoms with Gasteiger partial charge in [0.15, 0.2) is 0 Å². The lowest BCUT2D eigenvalue weighted by molar-refractivity contribution is -0.152. The van der Waals surface area contributed by atoms with E-state index < -0.39 is 0 Å². The molecule has 1 saturated carbocycles. The molecule has 1 fully saturated rings. The highest BCUT2D eigenvalue weighted by molar-refractivity contribution is 5.73. The summed E-state index contributed by atoms with van der Waals surface area (Å²) in [5, 5.41) is 0. The van der Waals surface area contributed by atoms with E-state index in [1.807, 2.05) is 42.5 Å². The van der Waals surface area contributed by atoms with Gasteiger partial charge in [-0.3, -0.25) is 4.79 Å². The van der Waals surface area contributed by atoms with E-state index in [9.17, 15) is 4.79 Å². The number of hydrogen-bond acceptors (Lipinski definition) is 2. The van der Waals surface area contributed by atoms with Crippen LogP contribution in [0.4, 0.5) is 0 Å². The number of carbonyl (C=O) groups is 1. The van der Waals surface area contributed by atoms with E-state index in [1.54, 1.807) is 0 Å².